The first-order chi connectivity index (χ1) is 9.34. The SMILES string of the molecule is O=C(NCCc1c[nH]c2ccccc12)c1cnon1. The number of hydrogen-bond donors (Lipinski definition) is 2. The highest BCUT2D eigenvalue weighted by molar-refractivity contribution is 5.91. The molecule has 0 aliphatic carbocycles. The number of nitrogens with zero attached hydrogens (tertiary/aromatic N) is 2. The lowest BCUT2D eigenvalue weighted by molar-refractivity contribution is 0.0944. The summed E-state index contributed by atoms with van der Waals surface area (Å²) in [6, 6.07) is 8.07. The monoisotopic (exact) mass is 256 g/mol. The number of hydrogen-bond acceptors (Lipinski definition) is 4. The van der Waals surface area contributed by atoms with Crippen LogP contribution in [0.5, 0.6) is 0 Å². The number of aromatic nitrogens is 3. The van der Waals surface area contributed by atoms with Crippen LogP contribution >= 0.6 is 0 Å². The van der Waals surface area contributed by atoms with Crippen LogP contribution in [-0.4, -0.2) is 27.7 Å². The second-order valence-corrected chi connectivity index (χ2v) is 4.16. The van der Waals surface area contributed by atoms with E-state index >= 15 is 0 Å². The van der Waals surface area contributed by atoms with Gasteiger partial charge in [-0.1, -0.05) is 23.4 Å². The first-order valence-corrected chi connectivity index (χ1v) is 5.95. The minimum absolute atomic E-state index is 0.193. The van der Waals surface area contributed by atoms with E-state index in [9.17, 15) is 4.79 Å². The fraction of sp³-hybridized carbons (Fsp3) is 0.154. The Hall–Kier alpha value is -2.63. The fourth-order valence-electron chi connectivity index (χ4n) is 2.00. The van der Waals surface area contributed by atoms with Crippen LogP contribution in [0.2, 0.25) is 0 Å². The van der Waals surface area contributed by atoms with Crippen molar-refractivity contribution >= 4 is 16.8 Å². The first-order valence-electron chi connectivity index (χ1n) is 5.95. The molecule has 0 radical (unpaired) electrons. The smallest absolute Gasteiger partial charge is 0.275 e. The molecule has 0 aliphatic rings. The Balaban J connectivity index is 1.62. The summed E-state index contributed by atoms with van der Waals surface area (Å²) in [4.78, 5) is 14.8. The van der Waals surface area contributed by atoms with E-state index in [1.165, 1.54) is 17.1 Å². The minimum Gasteiger partial charge on any atom is -0.361 e. The highest BCUT2D eigenvalue weighted by atomic mass is 16.6. The number of H-pyrrole nitrogens is 1. The Morgan fingerprint density at radius 3 is 3.11 bits per heavy atom. The molecule has 19 heavy (non-hydrogen) atoms. The van der Waals surface area contributed by atoms with Gasteiger partial charge in [0.05, 0.1) is 0 Å². The molecule has 96 valence electrons. The molecule has 0 atom stereocenters. The summed E-state index contributed by atoms with van der Waals surface area (Å²) in [6.45, 7) is 0.535. The number of aromatic amines is 1. The number of fused-ring (bicyclic) bond motifs is 1. The summed E-state index contributed by atoms with van der Waals surface area (Å²) in [5, 5.41) is 10.8. The van der Waals surface area contributed by atoms with Crippen LogP contribution in [0.25, 0.3) is 10.9 Å². The van der Waals surface area contributed by atoms with Gasteiger partial charge in [-0.25, -0.2) is 4.63 Å². The van der Waals surface area contributed by atoms with E-state index in [1.807, 2.05) is 24.4 Å². The van der Waals surface area contributed by atoms with E-state index in [-0.39, 0.29) is 11.6 Å². The maximum Gasteiger partial charge on any atom is 0.275 e. The fourth-order valence-corrected chi connectivity index (χ4v) is 2.00. The molecule has 3 aromatic rings. The van der Waals surface area contributed by atoms with E-state index < -0.39 is 0 Å². The maximum atomic E-state index is 11.6. The van der Waals surface area contributed by atoms with Crippen molar-refractivity contribution < 1.29 is 9.42 Å². The lowest BCUT2D eigenvalue weighted by Crippen LogP contribution is -2.25. The van der Waals surface area contributed by atoms with Gasteiger partial charge in [-0.15, -0.1) is 0 Å². The Morgan fingerprint density at radius 2 is 2.26 bits per heavy atom. The van der Waals surface area contributed by atoms with Crippen LogP contribution in [0.4, 0.5) is 0 Å². The van der Waals surface area contributed by atoms with E-state index in [4.69, 9.17) is 0 Å². The lowest BCUT2D eigenvalue weighted by Gasteiger charge is -2.01. The number of rotatable bonds is 4. The van der Waals surface area contributed by atoms with Gasteiger partial charge in [-0.2, -0.15) is 0 Å². The van der Waals surface area contributed by atoms with Crippen molar-refractivity contribution in [3.8, 4) is 0 Å². The number of para-hydroxylation sites is 1. The van der Waals surface area contributed by atoms with Crippen molar-refractivity contribution in [1.29, 1.82) is 0 Å². The quantitative estimate of drug-likeness (QED) is 0.741. The highest BCUT2D eigenvalue weighted by Gasteiger charge is 2.09. The van der Waals surface area contributed by atoms with E-state index in [1.54, 1.807) is 0 Å². The summed E-state index contributed by atoms with van der Waals surface area (Å²) in [7, 11) is 0. The Labute approximate surface area is 108 Å². The van der Waals surface area contributed by atoms with Gasteiger partial charge in [0.15, 0.2) is 5.69 Å². The number of carbonyl (C=O) groups excluding carboxylic acids is 1. The molecule has 0 saturated heterocycles. The lowest BCUT2D eigenvalue weighted by atomic mass is 10.1. The summed E-state index contributed by atoms with van der Waals surface area (Å²) in [6.07, 6.45) is 4.01. The molecule has 0 bridgehead atoms. The molecule has 2 N–H and O–H groups in total. The van der Waals surface area contributed by atoms with Crippen molar-refractivity contribution in [3.63, 3.8) is 0 Å². The molecule has 0 unspecified atom stereocenters. The average molecular weight is 256 g/mol. The molecule has 6 heteroatoms. The molecular weight excluding hydrogens is 244 g/mol. The second-order valence-electron chi connectivity index (χ2n) is 4.16. The van der Waals surface area contributed by atoms with Crippen LogP contribution in [-0.2, 0) is 6.42 Å². The summed E-state index contributed by atoms with van der Waals surface area (Å²) in [5.41, 5.74) is 2.47. The van der Waals surface area contributed by atoms with Gasteiger partial charge in [-0.3, -0.25) is 4.79 Å². The standard InChI is InChI=1S/C13H12N4O2/c18-13(12-8-16-19-17-12)14-6-5-9-7-15-11-4-2-1-3-10(9)11/h1-4,7-8,15H,5-6H2,(H,14,18). The summed E-state index contributed by atoms with van der Waals surface area (Å²) < 4.78 is 4.38. The van der Waals surface area contributed by atoms with Crippen LogP contribution in [0.1, 0.15) is 16.1 Å². The van der Waals surface area contributed by atoms with E-state index in [0.29, 0.717) is 6.54 Å². The zero-order valence-electron chi connectivity index (χ0n) is 10.1. The molecular formula is C13H12N4O2. The summed E-state index contributed by atoms with van der Waals surface area (Å²) in [5.74, 6) is -0.277. The van der Waals surface area contributed by atoms with Crippen molar-refractivity contribution in [1.82, 2.24) is 20.6 Å². The van der Waals surface area contributed by atoms with Crippen LogP contribution in [0, 0.1) is 0 Å². The first kappa shape index (κ1) is 11.5. The van der Waals surface area contributed by atoms with E-state index in [2.05, 4.69) is 31.3 Å². The second kappa shape index (κ2) is 4.93. The van der Waals surface area contributed by atoms with Crippen LogP contribution in [0.3, 0.4) is 0 Å². The van der Waals surface area contributed by atoms with Crippen LogP contribution in [0.15, 0.2) is 41.3 Å². The average Bonchev–Trinajstić information content (AvgIpc) is 3.08. The number of carbonyl (C=O) groups is 1. The van der Waals surface area contributed by atoms with Gasteiger partial charge in [0.25, 0.3) is 5.91 Å². The number of benzene rings is 1. The predicted octanol–water partition coefficient (Wildman–Crippen LogP) is 1.52. The number of nitrogens with one attached hydrogen (secondary N) is 2. The third-order valence-electron chi connectivity index (χ3n) is 2.95. The molecule has 2 heterocycles. The molecule has 0 fully saturated rings. The van der Waals surface area contributed by atoms with Gasteiger partial charge in [0.2, 0.25) is 0 Å². The molecule has 0 spiro atoms. The van der Waals surface area contributed by atoms with Gasteiger partial charge >= 0.3 is 0 Å². The topological polar surface area (TPSA) is 83.8 Å². The van der Waals surface area contributed by atoms with E-state index in [0.717, 1.165) is 11.9 Å². The molecule has 6 nitrogen and oxygen atoms in total. The van der Waals surface area contributed by atoms with Gasteiger partial charge in [0, 0.05) is 23.6 Å². The molecule has 1 aromatic carbocycles. The third-order valence-corrected chi connectivity index (χ3v) is 2.95. The van der Waals surface area contributed by atoms with Gasteiger partial charge in [-0.05, 0) is 23.2 Å². The Morgan fingerprint density at radius 1 is 1.37 bits per heavy atom. The normalized spacial score (nSPS) is 10.7. The molecule has 0 saturated carbocycles. The molecule has 0 aliphatic heterocycles. The minimum atomic E-state index is -0.277. The van der Waals surface area contributed by atoms with Crippen LogP contribution < -0.4 is 5.32 Å². The van der Waals surface area contributed by atoms with Gasteiger partial charge in [0.1, 0.15) is 6.20 Å². The number of amides is 1. The third kappa shape index (κ3) is 2.33. The largest absolute Gasteiger partial charge is 0.361 e. The van der Waals surface area contributed by atoms with Crippen molar-refractivity contribution in [3.05, 3.63) is 47.9 Å². The zero-order chi connectivity index (χ0) is 13.1. The summed E-state index contributed by atoms with van der Waals surface area (Å²) >= 11 is 0. The maximum absolute atomic E-state index is 11.6. The van der Waals surface area contributed by atoms with Gasteiger partial charge < -0.3 is 10.3 Å². The van der Waals surface area contributed by atoms with Crippen molar-refractivity contribution in [2.45, 2.75) is 6.42 Å². The molecule has 3 rings (SSSR count). The highest BCUT2D eigenvalue weighted by Crippen LogP contribution is 2.17. The Bertz CT molecular complexity index is 688. The molecule has 2 aromatic heterocycles. The Kier molecular flexibility index (Phi) is 2.97. The predicted molar refractivity (Wildman–Crippen MR) is 68.6 cm³/mol. The van der Waals surface area contributed by atoms with Crippen molar-refractivity contribution in [2.75, 3.05) is 6.54 Å². The molecule has 1 amide bonds. The van der Waals surface area contributed by atoms with Crippen molar-refractivity contribution in [2.24, 2.45) is 0 Å². The zero-order valence-corrected chi connectivity index (χ0v) is 10.1.